The minimum atomic E-state index is -1.45. The van der Waals surface area contributed by atoms with Gasteiger partial charge in [0.2, 0.25) is 0 Å². The number of rotatable bonds is 4. The molecule has 0 aliphatic heterocycles. The molecule has 2 N–H and O–H groups in total. The van der Waals surface area contributed by atoms with Crippen molar-refractivity contribution in [2.75, 3.05) is 12.3 Å². The molecule has 0 saturated carbocycles. The lowest BCUT2D eigenvalue weighted by molar-refractivity contribution is -0.255. The molecule has 4 rings (SSSR count). The summed E-state index contributed by atoms with van der Waals surface area (Å²) in [4.78, 5) is 23.8. The normalized spacial score (nSPS) is 12.3. The van der Waals surface area contributed by atoms with Crippen molar-refractivity contribution in [1.82, 2.24) is 0 Å². The van der Waals surface area contributed by atoms with E-state index in [1.165, 1.54) is 18.2 Å². The number of carbonyl (C=O) groups is 2. The Morgan fingerprint density at radius 3 is 2.07 bits per heavy atom. The van der Waals surface area contributed by atoms with Crippen molar-refractivity contribution in [1.29, 1.82) is 0 Å². The van der Waals surface area contributed by atoms with E-state index < -0.39 is 11.9 Å². The predicted octanol–water partition coefficient (Wildman–Crippen LogP) is 2.60. The summed E-state index contributed by atoms with van der Waals surface area (Å²) in [6.07, 6.45) is 0. The molecule has 0 radical (unpaired) electrons. The fraction of sp³-hybridized carbons (Fsp3) is 0.0909. The molecule has 27 heavy (non-hydrogen) atoms. The summed E-state index contributed by atoms with van der Waals surface area (Å²) in [5, 5.41) is 11.3. The number of nitrogens with two attached hydrogens (primary N) is 1. The van der Waals surface area contributed by atoms with Gasteiger partial charge in [0.05, 0.1) is 11.5 Å². The number of hydrogen-bond acceptors (Lipinski definition) is 5. The number of anilines is 1. The van der Waals surface area contributed by atoms with Crippen LogP contribution in [0, 0.1) is 0 Å². The first-order valence-electron chi connectivity index (χ1n) is 8.52. The highest BCUT2D eigenvalue weighted by molar-refractivity contribution is 6.02. The maximum absolute atomic E-state index is 12.5. The molecular weight excluding hydrogens is 342 g/mol. The summed E-state index contributed by atoms with van der Waals surface area (Å²) >= 11 is 0. The summed E-state index contributed by atoms with van der Waals surface area (Å²) in [7, 11) is 0. The van der Waals surface area contributed by atoms with Crippen LogP contribution in [0.2, 0.25) is 0 Å². The Kier molecular flexibility index (Phi) is 4.12. The number of benzene rings is 3. The lowest BCUT2D eigenvalue weighted by Gasteiger charge is -2.16. The lowest BCUT2D eigenvalue weighted by atomic mass is 9.98. The molecule has 0 spiro atoms. The summed E-state index contributed by atoms with van der Waals surface area (Å²) in [5.74, 6) is -2.28. The number of aromatic carboxylic acids is 1. The molecule has 0 bridgehead atoms. The van der Waals surface area contributed by atoms with E-state index in [9.17, 15) is 14.7 Å². The van der Waals surface area contributed by atoms with Crippen LogP contribution in [-0.2, 0) is 4.74 Å². The van der Waals surface area contributed by atoms with Crippen LogP contribution in [-0.4, -0.2) is 18.5 Å². The van der Waals surface area contributed by atoms with Crippen LogP contribution in [0.3, 0.4) is 0 Å². The Balaban J connectivity index is 1.62. The second-order valence-corrected chi connectivity index (χ2v) is 6.42. The first-order chi connectivity index (χ1) is 13.1. The second kappa shape index (κ2) is 6.61. The SMILES string of the molecule is Nc1ccc(C(=O)[O-])c(C(=O)OCC2c3ccccc3-c3ccccc32)c1. The molecule has 3 aromatic carbocycles. The highest BCUT2D eigenvalue weighted by Crippen LogP contribution is 2.44. The van der Waals surface area contributed by atoms with Crippen LogP contribution in [0.1, 0.15) is 37.8 Å². The van der Waals surface area contributed by atoms with Crippen LogP contribution in [0.15, 0.2) is 66.7 Å². The number of ether oxygens (including phenoxy) is 1. The van der Waals surface area contributed by atoms with E-state index in [1.54, 1.807) is 0 Å². The Labute approximate surface area is 156 Å². The van der Waals surface area contributed by atoms with Gasteiger partial charge in [-0.2, -0.15) is 0 Å². The fourth-order valence-corrected chi connectivity index (χ4v) is 3.58. The second-order valence-electron chi connectivity index (χ2n) is 6.42. The molecule has 0 fully saturated rings. The van der Waals surface area contributed by atoms with Gasteiger partial charge < -0.3 is 20.4 Å². The molecule has 1 aliphatic carbocycles. The van der Waals surface area contributed by atoms with Crippen LogP contribution in [0.4, 0.5) is 5.69 Å². The van der Waals surface area contributed by atoms with E-state index in [0.29, 0.717) is 0 Å². The first kappa shape index (κ1) is 16.8. The van der Waals surface area contributed by atoms with Gasteiger partial charge in [-0.15, -0.1) is 0 Å². The van der Waals surface area contributed by atoms with E-state index in [1.807, 2.05) is 48.5 Å². The van der Waals surface area contributed by atoms with Gasteiger partial charge in [-0.25, -0.2) is 4.79 Å². The van der Waals surface area contributed by atoms with E-state index in [-0.39, 0.29) is 29.3 Å². The maximum Gasteiger partial charge on any atom is 0.338 e. The number of carboxylic acid groups (broad SMARTS) is 1. The maximum atomic E-state index is 12.5. The molecule has 3 aromatic rings. The standard InChI is InChI=1S/C22H17NO4/c23-13-9-10-18(21(24)25)19(11-13)22(26)27-12-20-16-7-3-1-5-14(16)15-6-2-4-8-17(15)20/h1-11,20H,12,23H2,(H,24,25)/p-1. The Bertz CT molecular complexity index is 1010. The summed E-state index contributed by atoms with van der Waals surface area (Å²) in [6.45, 7) is 0.105. The third kappa shape index (κ3) is 2.93. The molecule has 0 atom stereocenters. The van der Waals surface area contributed by atoms with Crippen molar-refractivity contribution in [3.05, 3.63) is 89.0 Å². The highest BCUT2D eigenvalue weighted by atomic mass is 16.5. The smallest absolute Gasteiger partial charge is 0.338 e. The molecule has 0 aromatic heterocycles. The number of carboxylic acids is 1. The highest BCUT2D eigenvalue weighted by Gasteiger charge is 2.29. The zero-order chi connectivity index (χ0) is 19.0. The van der Waals surface area contributed by atoms with Crippen molar-refractivity contribution in [3.8, 4) is 11.1 Å². The van der Waals surface area contributed by atoms with Gasteiger partial charge >= 0.3 is 5.97 Å². The van der Waals surface area contributed by atoms with Crippen LogP contribution >= 0.6 is 0 Å². The van der Waals surface area contributed by atoms with Gasteiger partial charge in [0.15, 0.2) is 0 Å². The summed E-state index contributed by atoms with van der Waals surface area (Å²) < 4.78 is 5.49. The summed E-state index contributed by atoms with van der Waals surface area (Å²) in [5.41, 5.74) is 10.0. The molecule has 5 nitrogen and oxygen atoms in total. The topological polar surface area (TPSA) is 92.5 Å². The monoisotopic (exact) mass is 358 g/mol. The number of carbonyl (C=O) groups excluding carboxylic acids is 2. The quantitative estimate of drug-likeness (QED) is 0.572. The predicted molar refractivity (Wildman–Crippen MR) is 99.2 cm³/mol. The Morgan fingerprint density at radius 2 is 1.48 bits per heavy atom. The minimum Gasteiger partial charge on any atom is -0.545 e. The summed E-state index contributed by atoms with van der Waals surface area (Å²) in [6, 6.07) is 19.9. The van der Waals surface area contributed by atoms with Gasteiger partial charge in [-0.05, 0) is 34.4 Å². The van der Waals surface area contributed by atoms with Crippen molar-refractivity contribution in [2.24, 2.45) is 0 Å². The van der Waals surface area contributed by atoms with Crippen molar-refractivity contribution >= 4 is 17.6 Å². The minimum absolute atomic E-state index is 0.102. The average molecular weight is 358 g/mol. The van der Waals surface area contributed by atoms with E-state index in [0.717, 1.165) is 22.3 Å². The number of nitrogen functional groups attached to an aromatic ring is 1. The van der Waals surface area contributed by atoms with Gasteiger partial charge in [0.25, 0.3) is 0 Å². The van der Waals surface area contributed by atoms with Gasteiger partial charge in [0.1, 0.15) is 6.61 Å². The van der Waals surface area contributed by atoms with Crippen molar-refractivity contribution in [3.63, 3.8) is 0 Å². The Morgan fingerprint density at radius 1 is 0.889 bits per heavy atom. The lowest BCUT2D eigenvalue weighted by Crippen LogP contribution is -2.26. The first-order valence-corrected chi connectivity index (χ1v) is 8.52. The van der Waals surface area contributed by atoms with Crippen molar-refractivity contribution < 1.29 is 19.4 Å². The molecule has 1 aliphatic rings. The van der Waals surface area contributed by atoms with Gasteiger partial charge in [0, 0.05) is 17.2 Å². The third-order valence-electron chi connectivity index (χ3n) is 4.83. The largest absolute Gasteiger partial charge is 0.545 e. The van der Waals surface area contributed by atoms with Crippen molar-refractivity contribution in [2.45, 2.75) is 5.92 Å². The Hall–Kier alpha value is -3.60. The zero-order valence-electron chi connectivity index (χ0n) is 14.3. The molecule has 0 amide bonds. The number of hydrogen-bond donors (Lipinski definition) is 1. The van der Waals surface area contributed by atoms with Gasteiger partial charge in [-0.3, -0.25) is 0 Å². The third-order valence-corrected chi connectivity index (χ3v) is 4.83. The van der Waals surface area contributed by atoms with E-state index in [2.05, 4.69) is 0 Å². The average Bonchev–Trinajstić information content (AvgIpc) is 3.00. The fourth-order valence-electron chi connectivity index (χ4n) is 3.58. The van der Waals surface area contributed by atoms with Gasteiger partial charge in [-0.1, -0.05) is 54.6 Å². The zero-order valence-corrected chi connectivity index (χ0v) is 14.3. The molecular formula is C22H16NO4-. The van der Waals surface area contributed by atoms with E-state index >= 15 is 0 Å². The molecule has 0 saturated heterocycles. The van der Waals surface area contributed by atoms with E-state index in [4.69, 9.17) is 10.5 Å². The van der Waals surface area contributed by atoms with Crippen LogP contribution in [0.5, 0.6) is 0 Å². The molecule has 134 valence electrons. The van der Waals surface area contributed by atoms with Crippen LogP contribution in [0.25, 0.3) is 11.1 Å². The molecule has 0 heterocycles. The molecule has 0 unspecified atom stereocenters. The molecule has 5 heteroatoms. The van der Waals surface area contributed by atoms with Crippen LogP contribution < -0.4 is 10.8 Å². The number of fused-ring (bicyclic) bond motifs is 3. The number of esters is 1.